The molecular weight excluding hydrogens is 251 g/mol. The molecule has 0 unspecified atom stereocenters. The summed E-state index contributed by atoms with van der Waals surface area (Å²) in [5.41, 5.74) is 2.38. The standard InChI is InChI=1S/C14H10ClFN2/c15-8-10-5-12(16)7-13(6-10)18-14-4-2-1-3-11(14)9-17-18/h1-7,9H,8H2. The average molecular weight is 261 g/mol. The summed E-state index contributed by atoms with van der Waals surface area (Å²) in [7, 11) is 0. The van der Waals surface area contributed by atoms with Crippen molar-refractivity contribution >= 4 is 22.5 Å². The Balaban J connectivity index is 2.22. The van der Waals surface area contributed by atoms with E-state index in [2.05, 4.69) is 5.10 Å². The van der Waals surface area contributed by atoms with E-state index in [0.717, 1.165) is 16.5 Å². The quantitative estimate of drug-likeness (QED) is 0.639. The van der Waals surface area contributed by atoms with Crippen molar-refractivity contribution in [2.75, 3.05) is 0 Å². The second kappa shape index (κ2) is 4.42. The first-order valence-electron chi connectivity index (χ1n) is 5.56. The van der Waals surface area contributed by atoms with E-state index in [1.165, 1.54) is 12.1 Å². The summed E-state index contributed by atoms with van der Waals surface area (Å²) in [6, 6.07) is 12.5. The molecule has 0 spiro atoms. The highest BCUT2D eigenvalue weighted by Crippen LogP contribution is 2.20. The van der Waals surface area contributed by atoms with Gasteiger partial charge in [0.25, 0.3) is 0 Å². The van der Waals surface area contributed by atoms with Gasteiger partial charge in [-0.15, -0.1) is 11.6 Å². The summed E-state index contributed by atoms with van der Waals surface area (Å²) in [5, 5.41) is 5.31. The molecule has 18 heavy (non-hydrogen) atoms. The molecule has 90 valence electrons. The third-order valence-corrected chi connectivity index (χ3v) is 3.13. The van der Waals surface area contributed by atoms with Crippen molar-refractivity contribution in [1.82, 2.24) is 9.78 Å². The molecule has 0 saturated carbocycles. The van der Waals surface area contributed by atoms with Crippen molar-refractivity contribution in [3.05, 3.63) is 60.0 Å². The number of halogens is 2. The van der Waals surface area contributed by atoms with Crippen LogP contribution in [-0.4, -0.2) is 9.78 Å². The lowest BCUT2D eigenvalue weighted by Crippen LogP contribution is -1.98. The number of hydrogen-bond donors (Lipinski definition) is 0. The Morgan fingerprint density at radius 3 is 2.83 bits per heavy atom. The molecule has 0 radical (unpaired) electrons. The highest BCUT2D eigenvalue weighted by molar-refractivity contribution is 6.17. The first-order valence-corrected chi connectivity index (χ1v) is 6.10. The van der Waals surface area contributed by atoms with Gasteiger partial charge in [0.15, 0.2) is 0 Å². The molecule has 0 N–H and O–H groups in total. The molecule has 1 aromatic heterocycles. The first kappa shape index (κ1) is 11.2. The first-order chi connectivity index (χ1) is 8.78. The number of hydrogen-bond acceptors (Lipinski definition) is 1. The lowest BCUT2D eigenvalue weighted by molar-refractivity contribution is 0.624. The van der Waals surface area contributed by atoms with Crippen molar-refractivity contribution < 1.29 is 4.39 Å². The molecule has 0 bridgehead atoms. The smallest absolute Gasteiger partial charge is 0.125 e. The summed E-state index contributed by atoms with van der Waals surface area (Å²) in [5.74, 6) is -0.0213. The van der Waals surface area contributed by atoms with Crippen molar-refractivity contribution in [3.63, 3.8) is 0 Å². The minimum absolute atomic E-state index is 0.282. The van der Waals surface area contributed by atoms with E-state index in [-0.39, 0.29) is 11.7 Å². The van der Waals surface area contributed by atoms with E-state index >= 15 is 0 Å². The molecule has 0 saturated heterocycles. The maximum atomic E-state index is 13.5. The molecule has 0 aliphatic carbocycles. The van der Waals surface area contributed by atoms with Gasteiger partial charge >= 0.3 is 0 Å². The van der Waals surface area contributed by atoms with Crippen LogP contribution < -0.4 is 0 Å². The molecule has 0 atom stereocenters. The fourth-order valence-electron chi connectivity index (χ4n) is 2.01. The number of rotatable bonds is 2. The maximum Gasteiger partial charge on any atom is 0.125 e. The zero-order valence-electron chi connectivity index (χ0n) is 9.48. The van der Waals surface area contributed by atoms with E-state index in [9.17, 15) is 4.39 Å². The molecular formula is C14H10ClFN2. The van der Waals surface area contributed by atoms with E-state index in [1.54, 1.807) is 10.9 Å². The van der Waals surface area contributed by atoms with Gasteiger partial charge in [0.1, 0.15) is 5.82 Å². The molecule has 0 fully saturated rings. The molecule has 2 nitrogen and oxygen atoms in total. The van der Waals surface area contributed by atoms with Crippen molar-refractivity contribution in [1.29, 1.82) is 0 Å². The highest BCUT2D eigenvalue weighted by Gasteiger charge is 2.06. The Bertz CT molecular complexity index is 706. The Labute approximate surface area is 109 Å². The van der Waals surface area contributed by atoms with Crippen LogP contribution in [-0.2, 0) is 5.88 Å². The van der Waals surface area contributed by atoms with Crippen LogP contribution in [0, 0.1) is 5.82 Å². The second-order valence-corrected chi connectivity index (χ2v) is 4.33. The molecule has 4 heteroatoms. The lowest BCUT2D eigenvalue weighted by atomic mass is 10.2. The Kier molecular flexibility index (Phi) is 2.76. The molecule has 0 aliphatic rings. The lowest BCUT2D eigenvalue weighted by Gasteiger charge is -2.06. The zero-order valence-corrected chi connectivity index (χ0v) is 10.2. The monoisotopic (exact) mass is 260 g/mol. The number of benzene rings is 2. The molecule has 3 aromatic rings. The van der Waals surface area contributed by atoms with Gasteiger partial charge in [0, 0.05) is 11.3 Å². The SMILES string of the molecule is Fc1cc(CCl)cc(-n2ncc3ccccc32)c1. The number of nitrogens with zero attached hydrogens (tertiary/aromatic N) is 2. The van der Waals surface area contributed by atoms with Gasteiger partial charge in [-0.2, -0.15) is 5.10 Å². The molecule has 3 rings (SSSR count). The van der Waals surface area contributed by atoms with Crippen LogP contribution >= 0.6 is 11.6 Å². The molecule has 2 aromatic carbocycles. The van der Waals surface area contributed by atoms with E-state index < -0.39 is 0 Å². The van der Waals surface area contributed by atoms with Gasteiger partial charge in [0.2, 0.25) is 0 Å². The summed E-state index contributed by atoms with van der Waals surface area (Å²) >= 11 is 5.75. The van der Waals surface area contributed by atoms with Gasteiger partial charge in [-0.3, -0.25) is 0 Å². The number of fused-ring (bicyclic) bond motifs is 1. The van der Waals surface area contributed by atoms with Crippen LogP contribution in [0.3, 0.4) is 0 Å². The van der Waals surface area contributed by atoms with Crippen LogP contribution in [0.1, 0.15) is 5.56 Å². The van der Waals surface area contributed by atoms with E-state index in [4.69, 9.17) is 11.6 Å². The van der Waals surface area contributed by atoms with Gasteiger partial charge in [0.05, 0.1) is 17.4 Å². The van der Waals surface area contributed by atoms with Crippen LogP contribution in [0.5, 0.6) is 0 Å². The Morgan fingerprint density at radius 1 is 1.17 bits per heavy atom. The number of aromatic nitrogens is 2. The number of alkyl halides is 1. The van der Waals surface area contributed by atoms with Crippen LogP contribution in [0.4, 0.5) is 4.39 Å². The van der Waals surface area contributed by atoms with Gasteiger partial charge in [-0.25, -0.2) is 9.07 Å². The van der Waals surface area contributed by atoms with E-state index in [0.29, 0.717) is 5.69 Å². The fourth-order valence-corrected chi connectivity index (χ4v) is 2.16. The van der Waals surface area contributed by atoms with Crippen molar-refractivity contribution in [2.45, 2.75) is 5.88 Å². The third kappa shape index (κ3) is 1.87. The Morgan fingerprint density at radius 2 is 2.00 bits per heavy atom. The topological polar surface area (TPSA) is 17.8 Å². The van der Waals surface area contributed by atoms with Crippen molar-refractivity contribution in [3.8, 4) is 5.69 Å². The van der Waals surface area contributed by atoms with Crippen molar-refractivity contribution in [2.24, 2.45) is 0 Å². The van der Waals surface area contributed by atoms with Crippen LogP contribution in [0.25, 0.3) is 16.6 Å². The fraction of sp³-hybridized carbons (Fsp3) is 0.0714. The third-order valence-electron chi connectivity index (χ3n) is 2.82. The summed E-state index contributed by atoms with van der Waals surface area (Å²) < 4.78 is 15.2. The minimum atomic E-state index is -0.303. The molecule has 1 heterocycles. The predicted molar refractivity (Wildman–Crippen MR) is 70.6 cm³/mol. The Hall–Kier alpha value is -1.87. The average Bonchev–Trinajstić information content (AvgIpc) is 2.81. The maximum absolute atomic E-state index is 13.5. The van der Waals surface area contributed by atoms with Gasteiger partial charge < -0.3 is 0 Å². The van der Waals surface area contributed by atoms with E-state index in [1.807, 2.05) is 30.3 Å². The summed E-state index contributed by atoms with van der Waals surface area (Å²) in [6.45, 7) is 0. The summed E-state index contributed by atoms with van der Waals surface area (Å²) in [6.07, 6.45) is 1.76. The normalized spacial score (nSPS) is 11.0. The van der Waals surface area contributed by atoms with Gasteiger partial charge in [-0.05, 0) is 29.8 Å². The highest BCUT2D eigenvalue weighted by atomic mass is 35.5. The zero-order chi connectivity index (χ0) is 12.5. The summed E-state index contributed by atoms with van der Waals surface area (Å²) in [4.78, 5) is 0. The largest absolute Gasteiger partial charge is 0.233 e. The number of para-hydroxylation sites is 1. The molecule has 0 amide bonds. The van der Waals surface area contributed by atoms with Gasteiger partial charge in [-0.1, -0.05) is 18.2 Å². The van der Waals surface area contributed by atoms with Crippen LogP contribution in [0.15, 0.2) is 48.7 Å². The predicted octanol–water partition coefficient (Wildman–Crippen LogP) is 3.90. The molecule has 0 aliphatic heterocycles. The second-order valence-electron chi connectivity index (χ2n) is 4.07. The minimum Gasteiger partial charge on any atom is -0.233 e. The van der Waals surface area contributed by atoms with Crippen LogP contribution in [0.2, 0.25) is 0 Å².